The number of aromatic amines is 1. The van der Waals surface area contributed by atoms with Crippen molar-refractivity contribution in [3.8, 4) is 17.0 Å². The number of nitrogens with one attached hydrogen (secondary N) is 1. The smallest absolute Gasteiger partial charge is 0.345 e. The summed E-state index contributed by atoms with van der Waals surface area (Å²) in [4.78, 5) is 28.9. The number of aromatic nitrogens is 2. The van der Waals surface area contributed by atoms with Crippen molar-refractivity contribution in [2.75, 3.05) is 13.1 Å². The number of aromatic carboxylic acids is 1. The summed E-state index contributed by atoms with van der Waals surface area (Å²) in [6.07, 6.45) is 3.35. The fourth-order valence-corrected chi connectivity index (χ4v) is 4.60. The Kier molecular flexibility index (Phi) is 4.03. The van der Waals surface area contributed by atoms with Crippen LogP contribution in [0.3, 0.4) is 0 Å². The highest BCUT2D eigenvalue weighted by molar-refractivity contribution is 5.93. The number of rotatable bonds is 3. The number of fused-ring (bicyclic) bond motifs is 4. The van der Waals surface area contributed by atoms with Crippen molar-refractivity contribution in [1.82, 2.24) is 14.5 Å². The van der Waals surface area contributed by atoms with Crippen molar-refractivity contribution >= 4 is 16.9 Å². The summed E-state index contributed by atoms with van der Waals surface area (Å²) >= 11 is 0. The number of aromatic hydroxyl groups is 1. The van der Waals surface area contributed by atoms with Gasteiger partial charge < -0.3 is 19.8 Å². The average molecular weight is 393 g/mol. The molecule has 1 saturated heterocycles. The van der Waals surface area contributed by atoms with E-state index in [0.29, 0.717) is 17.7 Å². The normalized spacial score (nSPS) is 16.2. The molecule has 1 aliphatic heterocycles. The number of pyridine rings is 1. The van der Waals surface area contributed by atoms with Crippen LogP contribution in [0.2, 0.25) is 0 Å². The van der Waals surface area contributed by atoms with Crippen LogP contribution in [0.15, 0.2) is 23.0 Å². The van der Waals surface area contributed by atoms with Crippen molar-refractivity contribution in [3.63, 3.8) is 0 Å². The van der Waals surface area contributed by atoms with Crippen molar-refractivity contribution < 1.29 is 15.0 Å². The molecule has 0 bridgehead atoms. The zero-order chi connectivity index (χ0) is 20.3. The van der Waals surface area contributed by atoms with E-state index in [1.807, 2.05) is 0 Å². The van der Waals surface area contributed by atoms with Crippen LogP contribution in [0.25, 0.3) is 22.2 Å². The third-order valence-electron chi connectivity index (χ3n) is 6.35. The van der Waals surface area contributed by atoms with Crippen LogP contribution in [0, 0.1) is 0 Å². The van der Waals surface area contributed by atoms with Crippen LogP contribution in [-0.2, 0) is 26.4 Å². The van der Waals surface area contributed by atoms with Gasteiger partial charge in [0.1, 0.15) is 5.75 Å². The molecule has 150 valence electrons. The fourth-order valence-electron chi connectivity index (χ4n) is 4.60. The number of benzene rings is 1. The van der Waals surface area contributed by atoms with Gasteiger partial charge in [0.15, 0.2) is 5.56 Å². The van der Waals surface area contributed by atoms with Gasteiger partial charge in [-0.3, -0.25) is 9.69 Å². The van der Waals surface area contributed by atoms with Gasteiger partial charge in [-0.15, -0.1) is 0 Å². The molecule has 2 aliphatic rings. The summed E-state index contributed by atoms with van der Waals surface area (Å²) in [5.74, 6) is -1.82. The van der Waals surface area contributed by atoms with E-state index in [4.69, 9.17) is 0 Å². The predicted molar refractivity (Wildman–Crippen MR) is 110 cm³/mol. The van der Waals surface area contributed by atoms with Gasteiger partial charge in [0.2, 0.25) is 0 Å². The van der Waals surface area contributed by atoms with Crippen molar-refractivity contribution in [3.05, 3.63) is 50.9 Å². The Morgan fingerprint density at radius 3 is 2.66 bits per heavy atom. The van der Waals surface area contributed by atoms with Gasteiger partial charge in [0.25, 0.3) is 5.56 Å². The Labute approximate surface area is 167 Å². The highest BCUT2D eigenvalue weighted by Gasteiger charge is 2.26. The minimum atomic E-state index is -1.41. The summed E-state index contributed by atoms with van der Waals surface area (Å²) in [5, 5.41) is 20.9. The van der Waals surface area contributed by atoms with Crippen molar-refractivity contribution in [2.24, 2.45) is 7.05 Å². The number of likely N-dealkylation sites (tertiary alicyclic amines) is 1. The van der Waals surface area contributed by atoms with E-state index in [9.17, 15) is 19.8 Å². The maximum Gasteiger partial charge on any atom is 0.345 e. The van der Waals surface area contributed by atoms with Gasteiger partial charge in [-0.25, -0.2) is 4.79 Å². The Morgan fingerprint density at radius 1 is 1.17 bits per heavy atom. The summed E-state index contributed by atoms with van der Waals surface area (Å²) in [5.41, 5.74) is 4.07. The third kappa shape index (κ3) is 2.76. The second-order valence-electron chi connectivity index (χ2n) is 8.08. The number of carboxylic acid groups (broad SMARTS) is 1. The molecule has 5 rings (SSSR count). The third-order valence-corrected chi connectivity index (χ3v) is 6.35. The number of aryl methyl sites for hydroxylation is 2. The van der Waals surface area contributed by atoms with Crippen molar-refractivity contribution in [1.29, 1.82) is 0 Å². The van der Waals surface area contributed by atoms with E-state index < -0.39 is 22.8 Å². The summed E-state index contributed by atoms with van der Waals surface area (Å²) in [7, 11) is 2.08. The largest absolute Gasteiger partial charge is 0.506 e. The summed E-state index contributed by atoms with van der Waals surface area (Å²) in [6, 6.07) is 6.41. The lowest BCUT2D eigenvalue weighted by molar-refractivity contribution is 0.0691. The van der Waals surface area contributed by atoms with E-state index in [1.54, 1.807) is 0 Å². The molecule has 1 aliphatic carbocycles. The highest BCUT2D eigenvalue weighted by atomic mass is 16.4. The first kappa shape index (κ1) is 18.0. The lowest BCUT2D eigenvalue weighted by Crippen LogP contribution is -2.36. The van der Waals surface area contributed by atoms with Gasteiger partial charge in [-0.05, 0) is 62.5 Å². The van der Waals surface area contributed by atoms with Crippen LogP contribution in [-0.4, -0.2) is 43.7 Å². The first-order valence-corrected chi connectivity index (χ1v) is 9.99. The van der Waals surface area contributed by atoms with E-state index >= 15 is 0 Å². The van der Waals surface area contributed by atoms with Gasteiger partial charge >= 0.3 is 5.97 Å². The molecular formula is C22H23N3O4. The lowest BCUT2D eigenvalue weighted by Gasteiger charge is -2.30. The van der Waals surface area contributed by atoms with E-state index in [2.05, 4.69) is 39.7 Å². The van der Waals surface area contributed by atoms with E-state index in [1.165, 1.54) is 12.1 Å². The fraction of sp³-hybridized carbons (Fsp3) is 0.364. The summed E-state index contributed by atoms with van der Waals surface area (Å²) in [6.45, 7) is 3.20. The first-order valence-electron chi connectivity index (χ1n) is 9.99. The Bertz CT molecular complexity index is 1220. The zero-order valence-corrected chi connectivity index (χ0v) is 16.3. The van der Waals surface area contributed by atoms with Crippen LogP contribution in [0.1, 0.15) is 40.0 Å². The van der Waals surface area contributed by atoms with Gasteiger partial charge in [-0.2, -0.15) is 0 Å². The zero-order valence-electron chi connectivity index (χ0n) is 16.3. The van der Waals surface area contributed by atoms with Gasteiger partial charge in [0, 0.05) is 41.3 Å². The maximum atomic E-state index is 12.4. The predicted octanol–water partition coefficient (Wildman–Crippen LogP) is 2.63. The highest BCUT2D eigenvalue weighted by Crippen LogP contribution is 2.38. The Balaban J connectivity index is 1.70. The number of hydrogen-bond donors (Lipinski definition) is 3. The second kappa shape index (κ2) is 6.49. The molecule has 3 N–H and O–H groups in total. The molecule has 7 nitrogen and oxygen atoms in total. The number of H-pyrrole nitrogens is 1. The molecule has 7 heteroatoms. The second-order valence-corrected chi connectivity index (χ2v) is 8.08. The van der Waals surface area contributed by atoms with Gasteiger partial charge in [-0.1, -0.05) is 0 Å². The SMILES string of the molecule is Cn1c(CN2CCC2)cc2cc3c(cc21)CCCc1c-3[nH]c(=O)c(C(=O)O)c1O. The molecule has 0 unspecified atom stereocenters. The molecule has 0 spiro atoms. The van der Waals surface area contributed by atoms with Crippen LogP contribution < -0.4 is 5.56 Å². The maximum absolute atomic E-state index is 12.4. The van der Waals surface area contributed by atoms with E-state index in [-0.39, 0.29) is 0 Å². The van der Waals surface area contributed by atoms with Crippen LogP contribution in [0.4, 0.5) is 0 Å². The standard InChI is InChI=1S/C22H23N3O4/c1-24-14(11-25-6-3-7-25)8-13-9-16-12(10-17(13)24)4-2-5-15-19(16)23-21(27)18(20(15)26)22(28)29/h8-10H,2-7,11H2,1H3,(H,28,29)(H2,23,26,27). The molecule has 0 saturated carbocycles. The number of carboxylic acids is 1. The monoisotopic (exact) mass is 393 g/mol. The average Bonchev–Trinajstić information content (AvgIpc) is 2.82. The first-order chi connectivity index (χ1) is 13.9. The van der Waals surface area contributed by atoms with E-state index in [0.717, 1.165) is 54.5 Å². The Hall–Kier alpha value is -3.06. The topological polar surface area (TPSA) is 98.6 Å². The number of nitrogens with zero attached hydrogens (tertiary/aromatic N) is 2. The molecule has 29 heavy (non-hydrogen) atoms. The van der Waals surface area contributed by atoms with Crippen LogP contribution >= 0.6 is 0 Å². The molecule has 1 fully saturated rings. The summed E-state index contributed by atoms with van der Waals surface area (Å²) < 4.78 is 2.23. The minimum absolute atomic E-state index is 0.407. The number of carbonyl (C=O) groups is 1. The molecule has 1 aromatic carbocycles. The Morgan fingerprint density at radius 2 is 1.97 bits per heavy atom. The van der Waals surface area contributed by atoms with Crippen LogP contribution in [0.5, 0.6) is 5.75 Å². The quantitative estimate of drug-likeness (QED) is 0.635. The lowest BCUT2D eigenvalue weighted by atomic mass is 9.98. The molecule has 0 amide bonds. The van der Waals surface area contributed by atoms with Crippen molar-refractivity contribution in [2.45, 2.75) is 32.2 Å². The molecule has 0 radical (unpaired) electrons. The van der Waals surface area contributed by atoms with Gasteiger partial charge in [0.05, 0.1) is 5.69 Å². The molecule has 0 atom stereocenters. The molecule has 3 heterocycles. The minimum Gasteiger partial charge on any atom is -0.506 e. The molecule has 2 aromatic heterocycles. The molecular weight excluding hydrogens is 370 g/mol. The molecule has 3 aromatic rings. The number of hydrogen-bond acceptors (Lipinski definition) is 4.